The highest BCUT2D eigenvalue weighted by molar-refractivity contribution is 9.12. The first-order valence-corrected chi connectivity index (χ1v) is 7.36. The van der Waals surface area contributed by atoms with Gasteiger partial charge in [0, 0.05) is 13.1 Å². The van der Waals surface area contributed by atoms with Gasteiger partial charge in [-0.3, -0.25) is 9.59 Å². The number of nitrogens with zero attached hydrogens (tertiary/aromatic N) is 1. The summed E-state index contributed by atoms with van der Waals surface area (Å²) in [6.07, 6.45) is 0.532. The molecule has 2 heterocycles. The van der Waals surface area contributed by atoms with E-state index in [9.17, 15) is 9.59 Å². The standard InChI is InChI=1S/C10H9Br2NO3S/c11-7-3-6(8(12)17-7)9(14)13-2-1-5(4-13)10(15)16/h3,5H,1-2,4H2,(H,15,16). The molecule has 17 heavy (non-hydrogen) atoms. The maximum Gasteiger partial charge on any atom is 0.308 e. The third kappa shape index (κ3) is 2.71. The van der Waals surface area contributed by atoms with Crippen LogP contribution in [0, 0.1) is 5.92 Å². The van der Waals surface area contributed by atoms with Crippen LogP contribution in [0.25, 0.3) is 0 Å². The van der Waals surface area contributed by atoms with E-state index in [1.165, 1.54) is 11.3 Å². The number of carboxylic acids is 1. The van der Waals surface area contributed by atoms with Crippen molar-refractivity contribution in [2.45, 2.75) is 6.42 Å². The second kappa shape index (κ2) is 5.07. The highest BCUT2D eigenvalue weighted by atomic mass is 79.9. The van der Waals surface area contributed by atoms with Gasteiger partial charge in [-0.05, 0) is 44.3 Å². The van der Waals surface area contributed by atoms with Crippen molar-refractivity contribution in [2.75, 3.05) is 13.1 Å². The number of halogens is 2. The first-order chi connectivity index (χ1) is 7.99. The molecule has 7 heteroatoms. The molecule has 1 aliphatic heterocycles. The summed E-state index contributed by atoms with van der Waals surface area (Å²) < 4.78 is 1.65. The summed E-state index contributed by atoms with van der Waals surface area (Å²) in [4.78, 5) is 24.6. The van der Waals surface area contributed by atoms with Crippen LogP contribution in [-0.4, -0.2) is 35.0 Å². The predicted octanol–water partition coefficient (Wildman–Crippen LogP) is 2.82. The van der Waals surface area contributed by atoms with Crippen molar-refractivity contribution in [3.05, 3.63) is 19.2 Å². The number of carboxylic acid groups (broad SMARTS) is 1. The Hall–Kier alpha value is -0.400. The summed E-state index contributed by atoms with van der Waals surface area (Å²) >= 11 is 8.09. The molecule has 1 aromatic rings. The maximum atomic E-state index is 12.1. The van der Waals surface area contributed by atoms with Crippen LogP contribution in [0.4, 0.5) is 0 Å². The lowest BCUT2D eigenvalue weighted by molar-refractivity contribution is -0.141. The Bertz CT molecular complexity index is 474. The Balaban J connectivity index is 2.12. The van der Waals surface area contributed by atoms with Crippen molar-refractivity contribution in [3.8, 4) is 0 Å². The largest absolute Gasteiger partial charge is 0.481 e. The molecule has 1 saturated heterocycles. The summed E-state index contributed by atoms with van der Waals surface area (Å²) in [7, 11) is 0. The summed E-state index contributed by atoms with van der Waals surface area (Å²) in [5.74, 6) is -1.37. The number of amides is 1. The molecular weight excluding hydrogens is 374 g/mol. The van der Waals surface area contributed by atoms with Gasteiger partial charge < -0.3 is 10.0 Å². The van der Waals surface area contributed by atoms with Crippen LogP contribution < -0.4 is 0 Å². The Kier molecular flexibility index (Phi) is 3.89. The Morgan fingerprint density at radius 3 is 2.65 bits per heavy atom. The number of carbonyl (C=O) groups excluding carboxylic acids is 1. The van der Waals surface area contributed by atoms with E-state index in [0.717, 1.165) is 7.57 Å². The Morgan fingerprint density at radius 2 is 2.18 bits per heavy atom. The number of rotatable bonds is 2. The van der Waals surface area contributed by atoms with Gasteiger partial charge in [-0.2, -0.15) is 0 Å². The molecule has 1 fully saturated rings. The van der Waals surface area contributed by atoms with Crippen LogP contribution in [0.5, 0.6) is 0 Å². The lowest BCUT2D eigenvalue weighted by Gasteiger charge is -2.15. The predicted molar refractivity (Wildman–Crippen MR) is 71.4 cm³/mol. The molecule has 4 nitrogen and oxygen atoms in total. The zero-order chi connectivity index (χ0) is 12.6. The van der Waals surface area contributed by atoms with E-state index in [1.54, 1.807) is 11.0 Å². The molecule has 1 aromatic heterocycles. The highest BCUT2D eigenvalue weighted by Gasteiger charge is 2.32. The van der Waals surface area contributed by atoms with Gasteiger partial charge in [-0.15, -0.1) is 11.3 Å². The van der Waals surface area contributed by atoms with E-state index in [0.29, 0.717) is 25.1 Å². The molecule has 1 N–H and O–H groups in total. The summed E-state index contributed by atoms with van der Waals surface area (Å²) in [6, 6.07) is 1.76. The summed E-state index contributed by atoms with van der Waals surface area (Å²) in [5, 5.41) is 8.89. The fourth-order valence-electron chi connectivity index (χ4n) is 1.80. The molecule has 1 atom stereocenters. The summed E-state index contributed by atoms with van der Waals surface area (Å²) in [5.41, 5.74) is 0.591. The molecule has 0 aliphatic carbocycles. The molecule has 1 aliphatic rings. The summed E-state index contributed by atoms with van der Waals surface area (Å²) in [6.45, 7) is 0.809. The van der Waals surface area contributed by atoms with E-state index in [2.05, 4.69) is 31.9 Å². The minimum absolute atomic E-state index is 0.109. The monoisotopic (exact) mass is 381 g/mol. The Labute approximate surface area is 119 Å². The maximum absolute atomic E-state index is 12.1. The van der Waals surface area contributed by atoms with Crippen LogP contribution in [0.1, 0.15) is 16.8 Å². The number of likely N-dealkylation sites (tertiary alicyclic amines) is 1. The number of carbonyl (C=O) groups is 2. The van der Waals surface area contributed by atoms with Gasteiger partial charge in [0.1, 0.15) is 0 Å². The van der Waals surface area contributed by atoms with Gasteiger partial charge >= 0.3 is 5.97 Å². The second-order valence-corrected chi connectivity index (χ2v) is 7.56. The van der Waals surface area contributed by atoms with Crippen LogP contribution >= 0.6 is 43.2 Å². The molecule has 0 saturated carbocycles. The van der Waals surface area contributed by atoms with Gasteiger partial charge in [0.25, 0.3) is 5.91 Å². The molecule has 1 unspecified atom stereocenters. The zero-order valence-corrected chi connectivity index (χ0v) is 12.6. The van der Waals surface area contributed by atoms with E-state index >= 15 is 0 Å². The molecule has 0 bridgehead atoms. The zero-order valence-electron chi connectivity index (χ0n) is 8.65. The van der Waals surface area contributed by atoms with Crippen molar-refractivity contribution in [1.29, 1.82) is 0 Å². The van der Waals surface area contributed by atoms with Gasteiger partial charge in [-0.25, -0.2) is 0 Å². The van der Waals surface area contributed by atoms with Crippen molar-refractivity contribution in [3.63, 3.8) is 0 Å². The van der Waals surface area contributed by atoms with Crippen LogP contribution in [0.15, 0.2) is 13.6 Å². The molecule has 0 aromatic carbocycles. The molecule has 2 rings (SSSR count). The minimum atomic E-state index is -0.828. The number of aliphatic carboxylic acids is 1. The smallest absolute Gasteiger partial charge is 0.308 e. The van der Waals surface area contributed by atoms with Gasteiger partial charge in [0.05, 0.1) is 19.1 Å². The SMILES string of the molecule is O=C(O)C1CCN(C(=O)c2cc(Br)sc2Br)C1. The van der Waals surface area contributed by atoms with Crippen molar-refractivity contribution in [2.24, 2.45) is 5.92 Å². The molecular formula is C10H9Br2NO3S. The van der Waals surface area contributed by atoms with E-state index < -0.39 is 11.9 Å². The van der Waals surface area contributed by atoms with E-state index in [1.807, 2.05) is 0 Å². The van der Waals surface area contributed by atoms with Crippen molar-refractivity contribution < 1.29 is 14.7 Å². The molecule has 1 amide bonds. The van der Waals surface area contributed by atoms with Crippen LogP contribution in [0.3, 0.4) is 0 Å². The lowest BCUT2D eigenvalue weighted by Crippen LogP contribution is -2.29. The second-order valence-electron chi connectivity index (χ2n) is 3.81. The van der Waals surface area contributed by atoms with E-state index in [-0.39, 0.29) is 5.91 Å². The number of thiophene rings is 1. The average molecular weight is 383 g/mol. The molecule has 92 valence electrons. The van der Waals surface area contributed by atoms with Crippen LogP contribution in [-0.2, 0) is 4.79 Å². The highest BCUT2D eigenvalue weighted by Crippen LogP contribution is 2.33. The van der Waals surface area contributed by atoms with Crippen molar-refractivity contribution >= 4 is 55.1 Å². The fraction of sp³-hybridized carbons (Fsp3) is 0.400. The first kappa shape index (κ1) is 13.0. The third-order valence-corrected chi connectivity index (χ3v) is 5.05. The van der Waals surface area contributed by atoms with Crippen molar-refractivity contribution in [1.82, 2.24) is 4.90 Å². The quantitative estimate of drug-likeness (QED) is 0.855. The number of hydrogen-bond acceptors (Lipinski definition) is 3. The number of hydrogen-bond donors (Lipinski definition) is 1. The topological polar surface area (TPSA) is 57.6 Å². The normalized spacial score (nSPS) is 19.6. The third-order valence-electron chi connectivity index (χ3n) is 2.71. The van der Waals surface area contributed by atoms with Gasteiger partial charge in [-0.1, -0.05) is 0 Å². The Morgan fingerprint density at radius 1 is 1.47 bits per heavy atom. The first-order valence-electron chi connectivity index (χ1n) is 4.96. The minimum Gasteiger partial charge on any atom is -0.481 e. The lowest BCUT2D eigenvalue weighted by atomic mass is 10.1. The van der Waals surface area contributed by atoms with Crippen LogP contribution in [0.2, 0.25) is 0 Å². The van der Waals surface area contributed by atoms with Gasteiger partial charge in [0.2, 0.25) is 0 Å². The van der Waals surface area contributed by atoms with E-state index in [4.69, 9.17) is 5.11 Å². The average Bonchev–Trinajstić information content (AvgIpc) is 2.84. The van der Waals surface area contributed by atoms with Gasteiger partial charge in [0.15, 0.2) is 0 Å². The molecule has 0 radical (unpaired) electrons. The molecule has 0 spiro atoms. The fourth-order valence-corrected chi connectivity index (χ4v) is 4.58.